The molecular weight excluding hydrogens is 206 g/mol. The van der Waals surface area contributed by atoms with Gasteiger partial charge in [-0.2, -0.15) is 0 Å². The Balaban J connectivity index is 2.32. The lowest BCUT2D eigenvalue weighted by molar-refractivity contribution is 0.580. The van der Waals surface area contributed by atoms with Crippen LogP contribution in [0.2, 0.25) is 0 Å². The summed E-state index contributed by atoms with van der Waals surface area (Å²) >= 11 is 0. The molecule has 1 nitrogen and oxygen atoms in total. The third-order valence-electron chi connectivity index (χ3n) is 3.72. The van der Waals surface area contributed by atoms with E-state index in [4.69, 9.17) is 0 Å². The van der Waals surface area contributed by atoms with Gasteiger partial charge in [0.1, 0.15) is 0 Å². The lowest BCUT2D eigenvalue weighted by Crippen LogP contribution is -2.16. The molecule has 1 aliphatic rings. The van der Waals surface area contributed by atoms with Crippen LogP contribution in [0.1, 0.15) is 56.8 Å². The molecular formula is C16H25N. The number of hydrogen-bond acceptors (Lipinski definition) is 1. The molecule has 0 bridgehead atoms. The minimum Gasteiger partial charge on any atom is -0.310 e. The van der Waals surface area contributed by atoms with Crippen molar-refractivity contribution in [1.29, 1.82) is 0 Å². The normalized spacial score (nSPS) is 25.2. The monoisotopic (exact) mass is 231 g/mol. The molecule has 2 atom stereocenters. The molecule has 1 heteroatoms. The Morgan fingerprint density at radius 2 is 1.88 bits per heavy atom. The van der Waals surface area contributed by atoms with Crippen LogP contribution in [0.15, 0.2) is 18.2 Å². The van der Waals surface area contributed by atoms with Crippen LogP contribution < -0.4 is 5.32 Å². The minimum absolute atomic E-state index is 0.241. The van der Waals surface area contributed by atoms with Crippen LogP contribution in [-0.2, 0) is 5.41 Å². The van der Waals surface area contributed by atoms with Gasteiger partial charge in [0.05, 0.1) is 0 Å². The van der Waals surface area contributed by atoms with E-state index in [2.05, 4.69) is 58.1 Å². The van der Waals surface area contributed by atoms with Crippen molar-refractivity contribution in [2.45, 2.75) is 52.5 Å². The zero-order valence-corrected chi connectivity index (χ0v) is 11.8. The van der Waals surface area contributed by atoms with E-state index in [1.807, 2.05) is 0 Å². The van der Waals surface area contributed by atoms with Gasteiger partial charge in [-0.15, -0.1) is 0 Å². The second kappa shape index (κ2) is 4.45. The van der Waals surface area contributed by atoms with E-state index in [-0.39, 0.29) is 5.41 Å². The third-order valence-corrected chi connectivity index (χ3v) is 3.72. The highest BCUT2D eigenvalue weighted by molar-refractivity contribution is 5.35. The molecule has 1 saturated heterocycles. The van der Waals surface area contributed by atoms with E-state index < -0.39 is 0 Å². The van der Waals surface area contributed by atoms with Crippen molar-refractivity contribution >= 4 is 0 Å². The number of rotatable bonds is 1. The van der Waals surface area contributed by atoms with Crippen LogP contribution in [0.5, 0.6) is 0 Å². The molecule has 2 rings (SSSR count). The van der Waals surface area contributed by atoms with Crippen LogP contribution >= 0.6 is 0 Å². The molecule has 0 radical (unpaired) electrons. The molecule has 0 aliphatic carbocycles. The topological polar surface area (TPSA) is 12.0 Å². The van der Waals surface area contributed by atoms with Crippen LogP contribution in [0.3, 0.4) is 0 Å². The van der Waals surface area contributed by atoms with Crippen molar-refractivity contribution in [2.75, 3.05) is 6.54 Å². The molecule has 0 unspecified atom stereocenters. The van der Waals surface area contributed by atoms with Crippen molar-refractivity contribution in [1.82, 2.24) is 5.32 Å². The molecule has 1 aliphatic heterocycles. The van der Waals surface area contributed by atoms with Crippen LogP contribution in [-0.4, -0.2) is 6.54 Å². The lowest BCUT2D eigenvalue weighted by atomic mass is 9.84. The van der Waals surface area contributed by atoms with Gasteiger partial charge in [0.2, 0.25) is 0 Å². The standard InChI is InChI=1S/C16H25N/c1-11-6-13(15-8-12(2)10-17-15)9-14(7-11)16(3,4)5/h6-7,9,12,15,17H,8,10H2,1-5H3/t12-,15+/m1/s1. The van der Waals surface area contributed by atoms with E-state index in [0.717, 1.165) is 12.5 Å². The molecule has 1 aromatic rings. The predicted molar refractivity (Wildman–Crippen MR) is 74.4 cm³/mol. The molecule has 0 amide bonds. The zero-order valence-electron chi connectivity index (χ0n) is 11.8. The van der Waals surface area contributed by atoms with Crippen LogP contribution in [0.4, 0.5) is 0 Å². The second-order valence-electron chi connectivity index (χ2n) is 6.68. The molecule has 17 heavy (non-hydrogen) atoms. The summed E-state index contributed by atoms with van der Waals surface area (Å²) in [6.07, 6.45) is 1.27. The highest BCUT2D eigenvalue weighted by Gasteiger charge is 2.23. The Hall–Kier alpha value is -0.820. The van der Waals surface area contributed by atoms with E-state index in [1.165, 1.54) is 23.1 Å². The lowest BCUT2D eigenvalue weighted by Gasteiger charge is -2.22. The van der Waals surface area contributed by atoms with Gasteiger partial charge in [-0.1, -0.05) is 51.5 Å². The first-order chi connectivity index (χ1) is 7.86. The summed E-state index contributed by atoms with van der Waals surface area (Å²) < 4.78 is 0. The smallest absolute Gasteiger partial charge is 0.0323 e. The predicted octanol–water partition coefficient (Wildman–Crippen LogP) is 3.96. The number of benzene rings is 1. The summed E-state index contributed by atoms with van der Waals surface area (Å²) in [6, 6.07) is 7.61. The van der Waals surface area contributed by atoms with Gasteiger partial charge in [-0.25, -0.2) is 0 Å². The summed E-state index contributed by atoms with van der Waals surface area (Å²) in [6.45, 7) is 12.6. The maximum Gasteiger partial charge on any atom is 0.0323 e. The Morgan fingerprint density at radius 1 is 1.18 bits per heavy atom. The Kier molecular flexibility index (Phi) is 3.31. The van der Waals surface area contributed by atoms with E-state index >= 15 is 0 Å². The van der Waals surface area contributed by atoms with Gasteiger partial charge in [0.15, 0.2) is 0 Å². The van der Waals surface area contributed by atoms with Gasteiger partial charge >= 0.3 is 0 Å². The average molecular weight is 231 g/mol. The Morgan fingerprint density at radius 3 is 2.41 bits per heavy atom. The van der Waals surface area contributed by atoms with E-state index in [9.17, 15) is 0 Å². The van der Waals surface area contributed by atoms with E-state index in [1.54, 1.807) is 0 Å². The minimum atomic E-state index is 0.241. The van der Waals surface area contributed by atoms with Crippen LogP contribution in [0, 0.1) is 12.8 Å². The number of aryl methyl sites for hydroxylation is 1. The molecule has 1 N–H and O–H groups in total. The molecule has 1 fully saturated rings. The highest BCUT2D eigenvalue weighted by Crippen LogP contribution is 2.31. The molecule has 1 aromatic carbocycles. The van der Waals surface area contributed by atoms with Crippen molar-refractivity contribution in [3.05, 3.63) is 34.9 Å². The molecule has 0 saturated carbocycles. The van der Waals surface area contributed by atoms with Crippen molar-refractivity contribution in [3.63, 3.8) is 0 Å². The van der Waals surface area contributed by atoms with Gasteiger partial charge < -0.3 is 5.32 Å². The second-order valence-corrected chi connectivity index (χ2v) is 6.68. The summed E-state index contributed by atoms with van der Waals surface area (Å²) in [5, 5.41) is 3.63. The molecule has 0 spiro atoms. The maximum atomic E-state index is 3.63. The van der Waals surface area contributed by atoms with Crippen molar-refractivity contribution in [2.24, 2.45) is 5.92 Å². The fourth-order valence-electron chi connectivity index (χ4n) is 2.61. The first-order valence-electron chi connectivity index (χ1n) is 6.72. The fraction of sp³-hybridized carbons (Fsp3) is 0.625. The third kappa shape index (κ3) is 2.90. The summed E-state index contributed by atoms with van der Waals surface area (Å²) in [4.78, 5) is 0. The van der Waals surface area contributed by atoms with Gasteiger partial charge in [0, 0.05) is 6.04 Å². The van der Waals surface area contributed by atoms with Crippen LogP contribution in [0.25, 0.3) is 0 Å². The summed E-state index contributed by atoms with van der Waals surface area (Å²) in [5.41, 5.74) is 4.55. The van der Waals surface area contributed by atoms with Gasteiger partial charge in [-0.05, 0) is 42.3 Å². The molecule has 1 heterocycles. The summed E-state index contributed by atoms with van der Waals surface area (Å²) in [5.74, 6) is 0.804. The largest absolute Gasteiger partial charge is 0.310 e. The zero-order chi connectivity index (χ0) is 12.6. The van der Waals surface area contributed by atoms with Gasteiger partial charge in [0.25, 0.3) is 0 Å². The highest BCUT2D eigenvalue weighted by atomic mass is 14.9. The van der Waals surface area contributed by atoms with Crippen molar-refractivity contribution in [3.8, 4) is 0 Å². The van der Waals surface area contributed by atoms with E-state index in [0.29, 0.717) is 6.04 Å². The first-order valence-corrected chi connectivity index (χ1v) is 6.72. The quantitative estimate of drug-likeness (QED) is 0.771. The SMILES string of the molecule is Cc1cc([C@@H]2C[C@@H](C)CN2)cc(C(C)(C)C)c1. The van der Waals surface area contributed by atoms with Gasteiger partial charge in [-0.3, -0.25) is 0 Å². The molecule has 94 valence electrons. The maximum absolute atomic E-state index is 3.63. The number of hydrogen-bond donors (Lipinski definition) is 1. The average Bonchev–Trinajstić information content (AvgIpc) is 2.62. The molecule has 0 aromatic heterocycles. The first kappa shape index (κ1) is 12.6. The Bertz CT molecular complexity index is 400. The Labute approximate surface area is 106 Å². The number of nitrogens with one attached hydrogen (secondary N) is 1. The fourth-order valence-corrected chi connectivity index (χ4v) is 2.61. The van der Waals surface area contributed by atoms with Crippen molar-refractivity contribution < 1.29 is 0 Å². The summed E-state index contributed by atoms with van der Waals surface area (Å²) in [7, 11) is 0.